The Morgan fingerprint density at radius 3 is 1.97 bits per heavy atom. The number of nitrogens with zero attached hydrogens (tertiary/aromatic N) is 3. The van der Waals surface area contributed by atoms with E-state index < -0.39 is 0 Å². The van der Waals surface area contributed by atoms with E-state index in [2.05, 4.69) is 25.9 Å². The lowest BCUT2D eigenvalue weighted by molar-refractivity contribution is 1.21. The molecule has 0 fully saturated rings. The van der Waals surface area contributed by atoms with Gasteiger partial charge in [0.05, 0.1) is 5.52 Å². The maximum atomic E-state index is 4.72. The Labute approximate surface area is 180 Å². The van der Waals surface area contributed by atoms with Gasteiger partial charge in [0.2, 0.25) is 5.95 Å². The molecule has 3 aromatic carbocycles. The number of para-hydroxylation sites is 2. The van der Waals surface area contributed by atoms with Gasteiger partial charge in [-0.05, 0) is 60.7 Å². The predicted molar refractivity (Wildman–Crippen MR) is 127 cm³/mol. The fourth-order valence-electron chi connectivity index (χ4n) is 3.24. The van der Waals surface area contributed by atoms with Gasteiger partial charge in [-0.25, -0.2) is 9.97 Å². The van der Waals surface area contributed by atoms with E-state index in [4.69, 9.17) is 4.98 Å². The van der Waals surface area contributed by atoms with Crippen LogP contribution in [0, 0.1) is 0 Å². The van der Waals surface area contributed by atoms with Crippen LogP contribution >= 0.6 is 0 Å². The summed E-state index contributed by atoms with van der Waals surface area (Å²) in [5, 5.41) is 10.9. The molecule has 0 bridgehead atoms. The monoisotopic (exact) mass is 404 g/mol. The van der Waals surface area contributed by atoms with Crippen LogP contribution in [0.1, 0.15) is 0 Å². The molecular weight excluding hydrogens is 384 g/mol. The molecule has 0 aliphatic heterocycles. The molecule has 0 aliphatic rings. The average Bonchev–Trinajstić information content (AvgIpc) is 2.82. The van der Waals surface area contributed by atoms with Gasteiger partial charge in [-0.2, -0.15) is 4.98 Å². The molecule has 5 aromatic rings. The predicted octanol–water partition coefficient (Wildman–Crippen LogP) is 6.26. The van der Waals surface area contributed by atoms with Gasteiger partial charge in [0.15, 0.2) is 0 Å². The molecule has 0 spiro atoms. The van der Waals surface area contributed by atoms with Crippen LogP contribution in [0.15, 0.2) is 103 Å². The number of rotatable bonds is 6. The van der Waals surface area contributed by atoms with E-state index in [9.17, 15) is 0 Å². The number of pyridine rings is 1. The first-order valence-corrected chi connectivity index (χ1v) is 9.97. The van der Waals surface area contributed by atoms with Crippen LogP contribution in [0.5, 0.6) is 0 Å². The molecule has 0 unspecified atom stereocenters. The first-order chi connectivity index (χ1) is 15.3. The van der Waals surface area contributed by atoms with E-state index in [0.717, 1.165) is 39.6 Å². The second-order valence-corrected chi connectivity index (χ2v) is 6.95. The maximum absolute atomic E-state index is 4.72. The molecule has 6 nitrogen and oxygen atoms in total. The lowest BCUT2D eigenvalue weighted by Crippen LogP contribution is -2.02. The Morgan fingerprint density at radius 2 is 1.19 bits per heavy atom. The number of anilines is 6. The highest BCUT2D eigenvalue weighted by Crippen LogP contribution is 2.27. The van der Waals surface area contributed by atoms with E-state index in [0.29, 0.717) is 5.95 Å². The largest absolute Gasteiger partial charge is 0.340 e. The number of hydrogen-bond acceptors (Lipinski definition) is 6. The van der Waals surface area contributed by atoms with Gasteiger partial charge >= 0.3 is 0 Å². The van der Waals surface area contributed by atoms with Crippen molar-refractivity contribution in [3.8, 4) is 0 Å². The molecule has 0 radical (unpaired) electrons. The highest BCUT2D eigenvalue weighted by molar-refractivity contribution is 5.92. The number of benzene rings is 3. The molecule has 0 amide bonds. The van der Waals surface area contributed by atoms with E-state index in [1.54, 1.807) is 6.20 Å². The van der Waals surface area contributed by atoms with Crippen LogP contribution in [0.4, 0.5) is 34.6 Å². The molecule has 150 valence electrons. The van der Waals surface area contributed by atoms with Crippen molar-refractivity contribution in [3.63, 3.8) is 0 Å². The SMILES string of the molecule is c1ccc(Nc2nc(Nc3ccc(Nc4ccccn4)cc3)nc3ccccc23)cc1. The summed E-state index contributed by atoms with van der Waals surface area (Å²) in [6.07, 6.45) is 1.76. The Hall–Kier alpha value is -4.45. The third-order valence-electron chi connectivity index (χ3n) is 4.72. The normalized spacial score (nSPS) is 10.6. The average molecular weight is 404 g/mol. The van der Waals surface area contributed by atoms with Crippen molar-refractivity contribution in [1.29, 1.82) is 0 Å². The first kappa shape index (κ1) is 18.6. The summed E-state index contributed by atoms with van der Waals surface area (Å²) in [4.78, 5) is 13.7. The highest BCUT2D eigenvalue weighted by atomic mass is 15.1. The maximum Gasteiger partial charge on any atom is 0.229 e. The van der Waals surface area contributed by atoms with Crippen molar-refractivity contribution in [2.24, 2.45) is 0 Å². The lowest BCUT2D eigenvalue weighted by Gasteiger charge is -2.12. The highest BCUT2D eigenvalue weighted by Gasteiger charge is 2.08. The molecule has 2 aromatic heterocycles. The van der Waals surface area contributed by atoms with E-state index >= 15 is 0 Å². The third-order valence-corrected chi connectivity index (χ3v) is 4.72. The molecule has 0 saturated heterocycles. The van der Waals surface area contributed by atoms with Gasteiger partial charge in [0.25, 0.3) is 0 Å². The second-order valence-electron chi connectivity index (χ2n) is 6.95. The fraction of sp³-hybridized carbons (Fsp3) is 0. The molecule has 31 heavy (non-hydrogen) atoms. The number of fused-ring (bicyclic) bond motifs is 1. The molecule has 0 aliphatic carbocycles. The zero-order valence-corrected chi connectivity index (χ0v) is 16.7. The summed E-state index contributed by atoms with van der Waals surface area (Å²) in [6, 6.07) is 31.7. The van der Waals surface area contributed by atoms with Crippen LogP contribution in [0.2, 0.25) is 0 Å². The molecule has 2 heterocycles. The Balaban J connectivity index is 1.40. The topological polar surface area (TPSA) is 74.8 Å². The van der Waals surface area contributed by atoms with Crippen LogP contribution in [-0.2, 0) is 0 Å². The van der Waals surface area contributed by atoms with E-state index in [1.165, 1.54) is 0 Å². The molecule has 6 heteroatoms. The van der Waals surface area contributed by atoms with Crippen molar-refractivity contribution in [2.75, 3.05) is 16.0 Å². The number of nitrogens with one attached hydrogen (secondary N) is 3. The number of hydrogen-bond donors (Lipinski definition) is 3. The Morgan fingerprint density at radius 1 is 0.516 bits per heavy atom. The van der Waals surface area contributed by atoms with Gasteiger partial charge in [-0.15, -0.1) is 0 Å². The van der Waals surface area contributed by atoms with Crippen LogP contribution in [0.3, 0.4) is 0 Å². The molecular formula is C25H20N6. The van der Waals surface area contributed by atoms with Gasteiger partial charge < -0.3 is 16.0 Å². The number of aromatic nitrogens is 3. The molecule has 3 N–H and O–H groups in total. The summed E-state index contributed by atoms with van der Waals surface area (Å²) >= 11 is 0. The molecule has 0 atom stereocenters. The minimum atomic E-state index is 0.530. The smallest absolute Gasteiger partial charge is 0.229 e. The summed E-state index contributed by atoms with van der Waals surface area (Å²) in [6.45, 7) is 0. The van der Waals surface area contributed by atoms with Crippen LogP contribution in [0.25, 0.3) is 10.9 Å². The van der Waals surface area contributed by atoms with Crippen molar-refractivity contribution in [2.45, 2.75) is 0 Å². The summed E-state index contributed by atoms with van der Waals surface area (Å²) in [5.41, 5.74) is 3.69. The second kappa shape index (κ2) is 8.51. The van der Waals surface area contributed by atoms with Crippen molar-refractivity contribution in [1.82, 2.24) is 15.0 Å². The minimum Gasteiger partial charge on any atom is -0.340 e. The van der Waals surface area contributed by atoms with Crippen molar-refractivity contribution >= 4 is 45.5 Å². The van der Waals surface area contributed by atoms with Gasteiger partial charge in [-0.1, -0.05) is 36.4 Å². The molecule has 5 rings (SSSR count). The minimum absolute atomic E-state index is 0.530. The Kier molecular flexibility index (Phi) is 5.10. The quantitative estimate of drug-likeness (QED) is 0.310. The van der Waals surface area contributed by atoms with Crippen LogP contribution in [-0.4, -0.2) is 15.0 Å². The van der Waals surface area contributed by atoms with E-state index in [-0.39, 0.29) is 0 Å². The summed E-state index contributed by atoms with van der Waals surface area (Å²) < 4.78 is 0. The zero-order valence-electron chi connectivity index (χ0n) is 16.7. The third kappa shape index (κ3) is 4.43. The van der Waals surface area contributed by atoms with Crippen LogP contribution < -0.4 is 16.0 Å². The van der Waals surface area contributed by atoms with Crippen molar-refractivity contribution < 1.29 is 0 Å². The van der Waals surface area contributed by atoms with Crippen molar-refractivity contribution in [3.05, 3.63) is 103 Å². The summed E-state index contributed by atoms with van der Waals surface area (Å²) in [5.74, 6) is 2.09. The molecule has 0 saturated carbocycles. The lowest BCUT2D eigenvalue weighted by atomic mass is 10.2. The zero-order chi connectivity index (χ0) is 20.9. The van der Waals surface area contributed by atoms with Gasteiger partial charge in [0, 0.05) is 28.6 Å². The first-order valence-electron chi connectivity index (χ1n) is 9.97. The van der Waals surface area contributed by atoms with E-state index in [1.807, 2.05) is 97.1 Å². The van der Waals surface area contributed by atoms with Gasteiger partial charge in [0.1, 0.15) is 11.6 Å². The fourth-order valence-corrected chi connectivity index (χ4v) is 3.24. The standard InChI is InChI=1S/C25H20N6/c1-2-8-18(9-3-1)28-24-21-10-4-5-11-22(21)30-25(31-24)29-20-15-13-19(14-16-20)27-23-12-6-7-17-26-23/h1-17H,(H,26,27)(H2,28,29,30,31). The Bertz CT molecular complexity index is 1290. The van der Waals surface area contributed by atoms with Gasteiger partial charge in [-0.3, -0.25) is 0 Å². The summed E-state index contributed by atoms with van der Waals surface area (Å²) in [7, 11) is 0.